The Hall–Kier alpha value is -1.91. The Balaban J connectivity index is 2.58. The molecule has 0 aliphatic carbocycles. The van der Waals surface area contributed by atoms with Crippen LogP contribution in [0, 0.1) is 0 Å². The number of carbonyl (C=O) groups is 1. The normalized spacial score (nSPS) is 9.67. The zero-order chi connectivity index (χ0) is 11.3. The quantitative estimate of drug-likeness (QED) is 0.451. The largest absolute Gasteiger partial charge is 0.504 e. The summed E-state index contributed by atoms with van der Waals surface area (Å²) < 4.78 is 0. The lowest BCUT2D eigenvalue weighted by Gasteiger charge is -2.05. The molecule has 5 nitrogen and oxygen atoms in total. The maximum Gasteiger partial charge on any atom is 0.355 e. The average Bonchev–Trinajstić information content (AvgIpc) is 2.21. The summed E-state index contributed by atoms with van der Waals surface area (Å²) in [6, 6.07) is 4.11. The summed E-state index contributed by atoms with van der Waals surface area (Å²) in [6.07, 6.45) is 0.883. The smallest absolute Gasteiger partial charge is 0.355 e. The summed E-state index contributed by atoms with van der Waals surface area (Å²) in [5, 5.41) is 18.4. The summed E-state index contributed by atoms with van der Waals surface area (Å²) in [5.74, 6) is -1.42. The monoisotopic (exact) mass is 212 g/mol. The van der Waals surface area contributed by atoms with E-state index in [1.807, 2.05) is 6.92 Å². The molecule has 0 aliphatic heterocycles. The van der Waals surface area contributed by atoms with Gasteiger partial charge in [-0.3, -0.25) is 9.78 Å². The molecule has 0 fully saturated rings. The van der Waals surface area contributed by atoms with E-state index < -0.39 is 11.7 Å². The van der Waals surface area contributed by atoms with E-state index in [0.717, 1.165) is 0 Å². The Bertz CT molecular complexity index is 348. The van der Waals surface area contributed by atoms with E-state index in [2.05, 4.69) is 9.78 Å². The molecule has 82 valence electrons. The molecule has 0 saturated carbocycles. The van der Waals surface area contributed by atoms with Crippen molar-refractivity contribution in [1.29, 1.82) is 0 Å². The van der Waals surface area contributed by atoms with Gasteiger partial charge < -0.3 is 10.2 Å². The first kappa shape index (κ1) is 11.2. The number of phenols is 2. The van der Waals surface area contributed by atoms with Gasteiger partial charge in [0.05, 0.1) is 0 Å². The highest BCUT2D eigenvalue weighted by Crippen LogP contribution is 2.34. The molecule has 1 aromatic carbocycles. The first-order chi connectivity index (χ1) is 7.15. The molecule has 2 N–H and O–H groups in total. The lowest BCUT2D eigenvalue weighted by atomic mass is 10.3. The Labute approximate surface area is 86.8 Å². The highest BCUT2D eigenvalue weighted by molar-refractivity contribution is 5.68. The number of hydrogen-bond acceptors (Lipinski definition) is 5. The SMILES string of the molecule is CCCC(=O)OOc1cccc(O)c1O. The van der Waals surface area contributed by atoms with Crippen LogP contribution >= 0.6 is 0 Å². The molecule has 5 heteroatoms. The summed E-state index contributed by atoms with van der Waals surface area (Å²) in [6.45, 7) is 1.83. The van der Waals surface area contributed by atoms with E-state index >= 15 is 0 Å². The van der Waals surface area contributed by atoms with Crippen LogP contribution in [0.1, 0.15) is 19.8 Å². The highest BCUT2D eigenvalue weighted by Gasteiger charge is 2.10. The third-order valence-electron chi connectivity index (χ3n) is 1.66. The van der Waals surface area contributed by atoms with Crippen molar-refractivity contribution in [2.45, 2.75) is 19.8 Å². The third-order valence-corrected chi connectivity index (χ3v) is 1.66. The zero-order valence-corrected chi connectivity index (χ0v) is 8.27. The molecule has 1 aromatic rings. The molecule has 0 atom stereocenters. The van der Waals surface area contributed by atoms with Crippen molar-refractivity contribution in [3.05, 3.63) is 18.2 Å². The first-order valence-corrected chi connectivity index (χ1v) is 4.53. The molecule has 0 spiro atoms. The van der Waals surface area contributed by atoms with Crippen molar-refractivity contribution in [3.8, 4) is 17.2 Å². The number of rotatable bonds is 4. The average molecular weight is 212 g/mol. The van der Waals surface area contributed by atoms with Crippen molar-refractivity contribution in [3.63, 3.8) is 0 Å². The van der Waals surface area contributed by atoms with E-state index in [1.165, 1.54) is 18.2 Å². The standard InChI is InChI=1S/C10H12O5/c1-2-4-9(12)15-14-8-6-3-5-7(11)10(8)13/h3,5-6,11,13H,2,4H2,1H3. The maximum atomic E-state index is 10.9. The zero-order valence-electron chi connectivity index (χ0n) is 8.27. The van der Waals surface area contributed by atoms with Gasteiger partial charge in [0.25, 0.3) is 0 Å². The second-order valence-electron chi connectivity index (χ2n) is 2.91. The minimum absolute atomic E-state index is 0.0977. The summed E-state index contributed by atoms with van der Waals surface area (Å²) in [4.78, 5) is 19.9. The summed E-state index contributed by atoms with van der Waals surface area (Å²) >= 11 is 0. The molecule has 0 amide bonds. The number of para-hydroxylation sites is 1. The van der Waals surface area contributed by atoms with Crippen LogP contribution in [0.4, 0.5) is 0 Å². The van der Waals surface area contributed by atoms with Crippen LogP contribution in [0.5, 0.6) is 17.2 Å². The number of hydrogen-bond donors (Lipinski definition) is 2. The van der Waals surface area contributed by atoms with Gasteiger partial charge in [0, 0.05) is 6.42 Å². The van der Waals surface area contributed by atoms with Gasteiger partial charge in [-0.2, -0.15) is 0 Å². The Morgan fingerprint density at radius 3 is 2.80 bits per heavy atom. The summed E-state index contributed by atoms with van der Waals surface area (Å²) in [5.41, 5.74) is 0. The fraction of sp³-hybridized carbons (Fsp3) is 0.300. The Kier molecular flexibility index (Phi) is 3.79. The van der Waals surface area contributed by atoms with Gasteiger partial charge in [-0.25, -0.2) is 4.79 Å². The molecule has 0 aromatic heterocycles. The van der Waals surface area contributed by atoms with Gasteiger partial charge in [0.2, 0.25) is 11.5 Å². The Morgan fingerprint density at radius 1 is 1.40 bits per heavy atom. The number of benzene rings is 1. The van der Waals surface area contributed by atoms with E-state index in [0.29, 0.717) is 6.42 Å². The van der Waals surface area contributed by atoms with Gasteiger partial charge in [-0.15, -0.1) is 0 Å². The fourth-order valence-electron chi connectivity index (χ4n) is 0.915. The van der Waals surface area contributed by atoms with Crippen LogP contribution in [-0.2, 0) is 9.68 Å². The molecule has 0 aliphatic rings. The van der Waals surface area contributed by atoms with Crippen molar-refractivity contribution in [2.24, 2.45) is 0 Å². The second-order valence-corrected chi connectivity index (χ2v) is 2.91. The molecule has 0 unspecified atom stereocenters. The number of carbonyl (C=O) groups excluding carboxylic acids is 1. The van der Waals surface area contributed by atoms with Crippen molar-refractivity contribution >= 4 is 5.97 Å². The molecule has 15 heavy (non-hydrogen) atoms. The van der Waals surface area contributed by atoms with Crippen LogP contribution < -0.4 is 4.89 Å². The van der Waals surface area contributed by atoms with Gasteiger partial charge in [0.15, 0.2) is 5.75 Å². The predicted octanol–water partition coefficient (Wildman–Crippen LogP) is 1.73. The van der Waals surface area contributed by atoms with Crippen LogP contribution in [0.25, 0.3) is 0 Å². The van der Waals surface area contributed by atoms with E-state index in [-0.39, 0.29) is 17.9 Å². The molecular formula is C10H12O5. The maximum absolute atomic E-state index is 10.9. The van der Waals surface area contributed by atoms with Crippen LogP contribution in [-0.4, -0.2) is 16.2 Å². The van der Waals surface area contributed by atoms with E-state index in [1.54, 1.807) is 0 Å². The third kappa shape index (κ3) is 3.05. The number of aromatic hydroxyl groups is 2. The minimum Gasteiger partial charge on any atom is -0.504 e. The molecule has 1 rings (SSSR count). The predicted molar refractivity (Wildman–Crippen MR) is 51.4 cm³/mol. The summed E-state index contributed by atoms with van der Waals surface area (Å²) in [7, 11) is 0. The van der Waals surface area contributed by atoms with Crippen LogP contribution in [0.15, 0.2) is 18.2 Å². The number of phenolic OH excluding ortho intramolecular Hbond substituents is 2. The topological polar surface area (TPSA) is 76.0 Å². The lowest BCUT2D eigenvalue weighted by molar-refractivity contribution is -0.214. The fourth-order valence-corrected chi connectivity index (χ4v) is 0.915. The van der Waals surface area contributed by atoms with Gasteiger partial charge in [-0.1, -0.05) is 13.0 Å². The van der Waals surface area contributed by atoms with E-state index in [9.17, 15) is 9.90 Å². The lowest BCUT2D eigenvalue weighted by Crippen LogP contribution is -2.07. The van der Waals surface area contributed by atoms with Gasteiger partial charge >= 0.3 is 5.97 Å². The van der Waals surface area contributed by atoms with Crippen LogP contribution in [0.2, 0.25) is 0 Å². The van der Waals surface area contributed by atoms with Crippen molar-refractivity contribution in [2.75, 3.05) is 0 Å². The molecular weight excluding hydrogens is 200 g/mol. The molecule has 0 bridgehead atoms. The highest BCUT2D eigenvalue weighted by atomic mass is 17.2. The molecule has 0 heterocycles. The Morgan fingerprint density at radius 2 is 2.13 bits per heavy atom. The van der Waals surface area contributed by atoms with Gasteiger partial charge in [0.1, 0.15) is 0 Å². The van der Waals surface area contributed by atoms with Crippen molar-refractivity contribution < 1.29 is 24.8 Å². The molecule has 0 radical (unpaired) electrons. The second kappa shape index (κ2) is 5.09. The van der Waals surface area contributed by atoms with E-state index in [4.69, 9.17) is 5.11 Å². The minimum atomic E-state index is -0.528. The molecule has 0 saturated heterocycles. The van der Waals surface area contributed by atoms with Gasteiger partial charge in [-0.05, 0) is 18.6 Å². The first-order valence-electron chi connectivity index (χ1n) is 4.53. The van der Waals surface area contributed by atoms with Crippen molar-refractivity contribution in [1.82, 2.24) is 0 Å². The van der Waals surface area contributed by atoms with Crippen LogP contribution in [0.3, 0.4) is 0 Å².